The van der Waals surface area contributed by atoms with Gasteiger partial charge in [0.1, 0.15) is 6.04 Å². The van der Waals surface area contributed by atoms with Crippen LogP contribution < -0.4 is 5.32 Å². The Kier molecular flexibility index (Phi) is 5.11. The van der Waals surface area contributed by atoms with E-state index in [0.717, 1.165) is 12.0 Å². The largest absolute Gasteiger partial charge is 0.467 e. The molecule has 8 nitrogen and oxygen atoms in total. The number of methoxy groups -OCH3 is 1. The van der Waals surface area contributed by atoms with Gasteiger partial charge in [0.05, 0.1) is 13.2 Å². The summed E-state index contributed by atoms with van der Waals surface area (Å²) in [6.45, 7) is 1.62. The van der Waals surface area contributed by atoms with Gasteiger partial charge in [-0.25, -0.2) is 9.59 Å². The zero-order valence-electron chi connectivity index (χ0n) is 10.8. The molecule has 1 aliphatic rings. The fraction of sp³-hybridized carbons (Fsp3) is 0.727. The molecule has 0 spiro atoms. The molecule has 1 rings (SSSR count). The second-order valence-electron chi connectivity index (χ2n) is 4.38. The highest BCUT2D eigenvalue weighted by atomic mass is 16.5. The van der Waals surface area contributed by atoms with Crippen LogP contribution in [0.1, 0.15) is 19.8 Å². The quantitative estimate of drug-likeness (QED) is 0.576. The molecule has 0 saturated carbocycles. The van der Waals surface area contributed by atoms with Crippen LogP contribution in [0, 0.1) is 0 Å². The Morgan fingerprint density at radius 2 is 2.05 bits per heavy atom. The highest BCUT2D eigenvalue weighted by Gasteiger charge is 2.37. The number of aliphatic hydroxyl groups excluding tert-OH is 1. The van der Waals surface area contributed by atoms with Crippen LogP contribution in [-0.4, -0.2) is 64.9 Å². The Hall–Kier alpha value is -1.83. The Balaban J connectivity index is 2.71. The summed E-state index contributed by atoms with van der Waals surface area (Å²) in [6.07, 6.45) is -1.33. The first-order valence-electron chi connectivity index (χ1n) is 5.94. The molecule has 108 valence electrons. The number of carbonyl (C=O) groups is 3. The third-order valence-corrected chi connectivity index (χ3v) is 3.04. The Bertz CT molecular complexity index is 370. The Labute approximate surface area is 110 Å². The first-order chi connectivity index (χ1) is 8.88. The first kappa shape index (κ1) is 15.2. The van der Waals surface area contributed by atoms with Crippen molar-refractivity contribution in [1.82, 2.24) is 10.2 Å². The number of hydrogen-bond acceptors (Lipinski definition) is 5. The fourth-order valence-electron chi connectivity index (χ4n) is 2.02. The number of likely N-dealkylation sites (tertiary alicyclic amines) is 1. The van der Waals surface area contributed by atoms with Gasteiger partial charge in [-0.3, -0.25) is 9.69 Å². The third-order valence-electron chi connectivity index (χ3n) is 3.04. The maximum absolute atomic E-state index is 12.0. The molecular weight excluding hydrogens is 256 g/mol. The molecule has 1 saturated heterocycles. The number of nitrogens with one attached hydrogen (secondary N) is 1. The number of rotatable bonds is 4. The fourth-order valence-corrected chi connectivity index (χ4v) is 2.02. The molecule has 3 atom stereocenters. The van der Waals surface area contributed by atoms with E-state index in [0.29, 0.717) is 12.8 Å². The topological polar surface area (TPSA) is 116 Å². The van der Waals surface area contributed by atoms with Gasteiger partial charge in [-0.15, -0.1) is 0 Å². The van der Waals surface area contributed by atoms with Crippen LogP contribution in [0.4, 0.5) is 4.79 Å². The van der Waals surface area contributed by atoms with Gasteiger partial charge in [0, 0.05) is 6.54 Å². The van der Waals surface area contributed by atoms with E-state index in [1.165, 1.54) is 6.92 Å². The zero-order valence-corrected chi connectivity index (χ0v) is 10.8. The van der Waals surface area contributed by atoms with Gasteiger partial charge in [-0.05, 0) is 19.8 Å². The summed E-state index contributed by atoms with van der Waals surface area (Å²) in [5, 5.41) is 20.7. The summed E-state index contributed by atoms with van der Waals surface area (Å²) in [6, 6.07) is -2.03. The molecule has 8 heteroatoms. The van der Waals surface area contributed by atoms with Crippen LogP contribution >= 0.6 is 0 Å². The van der Waals surface area contributed by atoms with Crippen molar-refractivity contribution < 1.29 is 29.3 Å². The van der Waals surface area contributed by atoms with Crippen LogP contribution in [0.5, 0.6) is 0 Å². The van der Waals surface area contributed by atoms with Gasteiger partial charge in [0.25, 0.3) is 0 Å². The number of carboxylic acid groups (broad SMARTS) is 1. The van der Waals surface area contributed by atoms with E-state index in [-0.39, 0.29) is 6.54 Å². The van der Waals surface area contributed by atoms with E-state index in [4.69, 9.17) is 5.11 Å². The van der Waals surface area contributed by atoms with Gasteiger partial charge in [-0.2, -0.15) is 0 Å². The lowest BCUT2D eigenvalue weighted by Gasteiger charge is -2.24. The van der Waals surface area contributed by atoms with E-state index in [1.807, 2.05) is 0 Å². The minimum atomic E-state index is -1.20. The second-order valence-corrected chi connectivity index (χ2v) is 4.38. The lowest BCUT2D eigenvalue weighted by molar-refractivity contribution is -0.148. The van der Waals surface area contributed by atoms with E-state index in [1.54, 1.807) is 0 Å². The van der Waals surface area contributed by atoms with Gasteiger partial charge in [0.15, 0.2) is 6.04 Å². The lowest BCUT2D eigenvalue weighted by atomic mass is 10.1. The third kappa shape index (κ3) is 3.57. The van der Waals surface area contributed by atoms with E-state index in [2.05, 4.69) is 10.1 Å². The highest BCUT2D eigenvalue weighted by Crippen LogP contribution is 2.17. The van der Waals surface area contributed by atoms with Crippen molar-refractivity contribution in [2.75, 3.05) is 13.7 Å². The Morgan fingerprint density at radius 1 is 1.42 bits per heavy atom. The van der Waals surface area contributed by atoms with Gasteiger partial charge < -0.3 is 20.3 Å². The number of esters is 1. The predicted molar refractivity (Wildman–Crippen MR) is 63.4 cm³/mol. The van der Waals surface area contributed by atoms with Gasteiger partial charge in [-0.1, -0.05) is 0 Å². The smallest absolute Gasteiger partial charge is 0.407 e. The summed E-state index contributed by atoms with van der Waals surface area (Å²) >= 11 is 0. The van der Waals surface area contributed by atoms with Crippen molar-refractivity contribution in [3.63, 3.8) is 0 Å². The van der Waals surface area contributed by atoms with Crippen molar-refractivity contribution >= 4 is 18.0 Å². The monoisotopic (exact) mass is 274 g/mol. The SMILES string of the molecule is COC(=O)[C@@H](NC(=O)C1CCCN1C(=O)O)[C@@H](C)O. The van der Waals surface area contributed by atoms with Gasteiger partial charge in [0.2, 0.25) is 5.91 Å². The maximum Gasteiger partial charge on any atom is 0.407 e. The predicted octanol–water partition coefficient (Wildman–Crippen LogP) is -0.833. The zero-order chi connectivity index (χ0) is 14.6. The average molecular weight is 274 g/mol. The van der Waals surface area contributed by atoms with Crippen LogP contribution in [0.2, 0.25) is 0 Å². The molecule has 1 heterocycles. The van der Waals surface area contributed by atoms with Crippen molar-refractivity contribution in [1.29, 1.82) is 0 Å². The molecule has 1 fully saturated rings. The summed E-state index contributed by atoms with van der Waals surface area (Å²) in [5.41, 5.74) is 0. The van der Waals surface area contributed by atoms with Crippen molar-refractivity contribution in [2.45, 2.75) is 38.0 Å². The van der Waals surface area contributed by atoms with Crippen LogP contribution in [-0.2, 0) is 14.3 Å². The Morgan fingerprint density at radius 3 is 2.53 bits per heavy atom. The number of nitrogens with zero attached hydrogens (tertiary/aromatic N) is 1. The van der Waals surface area contributed by atoms with E-state index in [9.17, 15) is 19.5 Å². The molecule has 1 unspecified atom stereocenters. The number of aliphatic hydroxyl groups is 1. The normalized spacial score (nSPS) is 21.6. The van der Waals surface area contributed by atoms with Gasteiger partial charge >= 0.3 is 12.1 Å². The summed E-state index contributed by atoms with van der Waals surface area (Å²) in [5.74, 6) is -1.38. The number of hydrogen-bond donors (Lipinski definition) is 3. The van der Waals surface area contributed by atoms with Crippen molar-refractivity contribution in [3.8, 4) is 0 Å². The second kappa shape index (κ2) is 6.37. The molecule has 1 aliphatic heterocycles. The number of ether oxygens (including phenoxy) is 1. The highest BCUT2D eigenvalue weighted by molar-refractivity contribution is 5.90. The summed E-state index contributed by atoms with van der Waals surface area (Å²) in [4.78, 5) is 35.3. The molecule has 0 aliphatic carbocycles. The van der Waals surface area contributed by atoms with Crippen LogP contribution in [0.15, 0.2) is 0 Å². The first-order valence-corrected chi connectivity index (χ1v) is 5.94. The maximum atomic E-state index is 12.0. The molecular formula is C11H18N2O6. The standard InChI is InChI=1S/C11H18N2O6/c1-6(14)8(10(16)19-2)12-9(15)7-4-3-5-13(7)11(17)18/h6-8,14H,3-5H2,1-2H3,(H,12,15)(H,17,18)/t6-,7?,8+/m1/s1. The summed E-state index contributed by atoms with van der Waals surface area (Å²) < 4.78 is 4.47. The molecule has 0 aromatic rings. The van der Waals surface area contributed by atoms with Crippen molar-refractivity contribution in [2.24, 2.45) is 0 Å². The van der Waals surface area contributed by atoms with Crippen molar-refractivity contribution in [3.05, 3.63) is 0 Å². The van der Waals surface area contributed by atoms with E-state index < -0.39 is 36.2 Å². The molecule has 0 radical (unpaired) electrons. The lowest BCUT2D eigenvalue weighted by Crippen LogP contribution is -2.54. The molecule has 0 aromatic carbocycles. The minimum absolute atomic E-state index is 0.283. The molecule has 19 heavy (non-hydrogen) atoms. The van der Waals surface area contributed by atoms with E-state index >= 15 is 0 Å². The molecule has 0 aromatic heterocycles. The molecule has 0 bridgehead atoms. The number of amides is 2. The van der Waals surface area contributed by atoms with Crippen LogP contribution in [0.25, 0.3) is 0 Å². The number of carbonyl (C=O) groups excluding carboxylic acids is 2. The molecule has 2 amide bonds. The van der Waals surface area contributed by atoms with Crippen LogP contribution in [0.3, 0.4) is 0 Å². The minimum Gasteiger partial charge on any atom is -0.467 e. The summed E-state index contributed by atoms with van der Waals surface area (Å²) in [7, 11) is 1.14. The average Bonchev–Trinajstić information content (AvgIpc) is 2.83. The molecule has 3 N–H and O–H groups in total.